The molecule has 24 heavy (non-hydrogen) atoms. The van der Waals surface area contributed by atoms with E-state index in [9.17, 15) is 8.94 Å². The first-order chi connectivity index (χ1) is 11.7. The fourth-order valence-electron chi connectivity index (χ4n) is 2.46. The van der Waals surface area contributed by atoms with Gasteiger partial charge in [-0.1, -0.05) is 24.3 Å². The van der Waals surface area contributed by atoms with Gasteiger partial charge in [0.05, 0.1) is 6.54 Å². The number of fused-ring (bicyclic) bond motifs is 1. The third-order valence-corrected chi connectivity index (χ3v) is 5.05. The molecule has 1 unspecified atom stereocenters. The third-order valence-electron chi connectivity index (χ3n) is 3.55. The highest BCUT2D eigenvalue weighted by Gasteiger charge is 2.35. The van der Waals surface area contributed by atoms with Gasteiger partial charge in [-0.05, 0) is 18.2 Å². The molecule has 0 radical (unpaired) electrons. The lowest BCUT2D eigenvalue weighted by Gasteiger charge is -2.17. The highest BCUT2D eigenvalue weighted by atomic mass is 32.2. The Morgan fingerprint density at radius 2 is 2.00 bits per heavy atom. The molecule has 0 spiro atoms. The second-order valence-electron chi connectivity index (χ2n) is 5.15. The molecule has 7 heteroatoms. The molecule has 2 heterocycles. The SMILES string of the molecule is [O-][S+]1c2ccccc2CN1c1ccnc(Oc2cccc(F)c2)n1. The molecule has 4 rings (SSSR count). The summed E-state index contributed by atoms with van der Waals surface area (Å²) in [6.45, 7) is 0.499. The van der Waals surface area contributed by atoms with Gasteiger partial charge in [-0.15, -0.1) is 0 Å². The molecule has 0 saturated heterocycles. The largest absolute Gasteiger partial charge is 0.588 e. The van der Waals surface area contributed by atoms with Crippen LogP contribution in [-0.2, 0) is 17.9 Å². The molecule has 120 valence electrons. The minimum absolute atomic E-state index is 0.0751. The maximum atomic E-state index is 13.2. The maximum absolute atomic E-state index is 13.2. The quantitative estimate of drug-likeness (QED) is 0.683. The molecule has 1 aromatic heterocycles. The van der Waals surface area contributed by atoms with Crippen molar-refractivity contribution in [2.24, 2.45) is 0 Å². The lowest BCUT2D eigenvalue weighted by atomic mass is 10.2. The Labute approximate surface area is 141 Å². The van der Waals surface area contributed by atoms with Gasteiger partial charge in [0.25, 0.3) is 0 Å². The van der Waals surface area contributed by atoms with E-state index >= 15 is 0 Å². The standard InChI is InChI=1S/C17H12FN3O2S/c18-13-5-3-6-14(10-13)23-17-19-9-8-16(20-17)21-11-12-4-1-2-7-15(12)24(21)22/h1-10H,11H2. The minimum Gasteiger partial charge on any atom is -0.588 e. The molecule has 0 bridgehead atoms. The number of hydrogen-bond donors (Lipinski definition) is 0. The van der Waals surface area contributed by atoms with E-state index in [2.05, 4.69) is 9.97 Å². The number of anilines is 1. The van der Waals surface area contributed by atoms with Crippen molar-refractivity contribution in [3.05, 3.63) is 72.2 Å². The molecule has 0 aliphatic carbocycles. The van der Waals surface area contributed by atoms with Crippen molar-refractivity contribution in [3.8, 4) is 11.8 Å². The molecule has 3 aromatic rings. The fraction of sp³-hybridized carbons (Fsp3) is 0.0588. The number of benzene rings is 2. The van der Waals surface area contributed by atoms with Crippen molar-refractivity contribution in [3.63, 3.8) is 0 Å². The Balaban J connectivity index is 1.60. The fourth-order valence-corrected chi connectivity index (χ4v) is 3.78. The molecule has 1 aliphatic heterocycles. The van der Waals surface area contributed by atoms with Crippen molar-refractivity contribution in [2.45, 2.75) is 11.4 Å². The summed E-state index contributed by atoms with van der Waals surface area (Å²) in [5.41, 5.74) is 1.00. The van der Waals surface area contributed by atoms with Crippen LogP contribution in [0.15, 0.2) is 65.7 Å². The predicted octanol–water partition coefficient (Wildman–Crippen LogP) is 3.45. The zero-order valence-electron chi connectivity index (χ0n) is 12.4. The van der Waals surface area contributed by atoms with Gasteiger partial charge in [0.1, 0.15) is 22.9 Å². The van der Waals surface area contributed by atoms with E-state index < -0.39 is 17.2 Å². The normalized spacial score (nSPS) is 16.1. The number of hydrogen-bond acceptors (Lipinski definition) is 5. The van der Waals surface area contributed by atoms with E-state index in [1.807, 2.05) is 24.3 Å². The number of halogens is 1. The second kappa shape index (κ2) is 6.10. The van der Waals surface area contributed by atoms with Crippen molar-refractivity contribution < 1.29 is 13.7 Å². The van der Waals surface area contributed by atoms with Crippen LogP contribution in [0.4, 0.5) is 10.2 Å². The molecule has 0 saturated carbocycles. The monoisotopic (exact) mass is 341 g/mol. The van der Waals surface area contributed by atoms with Crippen molar-refractivity contribution in [2.75, 3.05) is 4.31 Å². The highest BCUT2D eigenvalue weighted by Crippen LogP contribution is 2.33. The van der Waals surface area contributed by atoms with Crippen molar-refractivity contribution in [1.82, 2.24) is 9.97 Å². The smallest absolute Gasteiger partial charge is 0.324 e. The van der Waals surface area contributed by atoms with Crippen LogP contribution in [0.1, 0.15) is 5.56 Å². The Morgan fingerprint density at radius 1 is 1.12 bits per heavy atom. The van der Waals surface area contributed by atoms with Gasteiger partial charge in [-0.2, -0.15) is 9.29 Å². The van der Waals surface area contributed by atoms with Gasteiger partial charge < -0.3 is 9.29 Å². The zero-order valence-corrected chi connectivity index (χ0v) is 13.2. The van der Waals surface area contributed by atoms with Crippen LogP contribution in [-0.4, -0.2) is 14.5 Å². The van der Waals surface area contributed by atoms with E-state index in [1.54, 1.807) is 22.5 Å². The predicted molar refractivity (Wildman–Crippen MR) is 87.5 cm³/mol. The topological polar surface area (TPSA) is 61.3 Å². The molecule has 2 aromatic carbocycles. The van der Waals surface area contributed by atoms with Crippen LogP contribution in [0.3, 0.4) is 0 Å². The van der Waals surface area contributed by atoms with Gasteiger partial charge in [-0.25, -0.2) is 9.37 Å². The van der Waals surface area contributed by atoms with Crippen LogP contribution < -0.4 is 9.04 Å². The molecule has 5 nitrogen and oxygen atoms in total. The Hall–Kier alpha value is -2.64. The average molecular weight is 341 g/mol. The van der Waals surface area contributed by atoms with Crippen LogP contribution in [0.2, 0.25) is 0 Å². The third kappa shape index (κ3) is 2.79. The molecule has 0 N–H and O–H groups in total. The lowest BCUT2D eigenvalue weighted by Crippen LogP contribution is -2.24. The second-order valence-corrected chi connectivity index (χ2v) is 6.53. The van der Waals surface area contributed by atoms with Crippen molar-refractivity contribution in [1.29, 1.82) is 0 Å². The first kappa shape index (κ1) is 14.9. The first-order valence-corrected chi connectivity index (χ1v) is 8.35. The summed E-state index contributed by atoms with van der Waals surface area (Å²) in [6, 6.07) is 15.0. The summed E-state index contributed by atoms with van der Waals surface area (Å²) in [7, 11) is 0. The minimum atomic E-state index is -1.32. The Morgan fingerprint density at radius 3 is 2.83 bits per heavy atom. The van der Waals surface area contributed by atoms with Crippen LogP contribution in [0.5, 0.6) is 11.8 Å². The van der Waals surface area contributed by atoms with Crippen molar-refractivity contribution >= 4 is 17.2 Å². The van der Waals surface area contributed by atoms with Gasteiger partial charge in [-0.3, -0.25) is 0 Å². The molecule has 1 atom stereocenters. The van der Waals surface area contributed by atoms with Gasteiger partial charge in [0, 0.05) is 23.9 Å². The molecule has 0 amide bonds. The van der Waals surface area contributed by atoms with Gasteiger partial charge in [0.2, 0.25) is 0 Å². The molecule has 0 fully saturated rings. The Kier molecular flexibility index (Phi) is 3.79. The number of rotatable bonds is 3. The molecular weight excluding hydrogens is 329 g/mol. The molecule has 1 aliphatic rings. The summed E-state index contributed by atoms with van der Waals surface area (Å²) in [5, 5.41) is 0. The number of nitrogens with zero attached hydrogens (tertiary/aromatic N) is 3. The Bertz CT molecular complexity index is 893. The van der Waals surface area contributed by atoms with E-state index in [1.165, 1.54) is 18.3 Å². The summed E-state index contributed by atoms with van der Waals surface area (Å²) in [5.74, 6) is 0.392. The summed E-state index contributed by atoms with van der Waals surface area (Å²) >= 11 is -1.32. The van der Waals surface area contributed by atoms with Crippen LogP contribution in [0, 0.1) is 5.82 Å². The number of ether oxygens (including phenoxy) is 1. The molecular formula is C17H12FN3O2S. The summed E-state index contributed by atoms with van der Waals surface area (Å²) < 4.78 is 33.0. The van der Waals surface area contributed by atoms with Crippen LogP contribution >= 0.6 is 0 Å². The number of aromatic nitrogens is 2. The summed E-state index contributed by atoms with van der Waals surface area (Å²) in [4.78, 5) is 9.10. The van der Waals surface area contributed by atoms with E-state index in [4.69, 9.17) is 4.74 Å². The first-order valence-electron chi connectivity index (χ1n) is 7.24. The average Bonchev–Trinajstić information content (AvgIpc) is 2.93. The van der Waals surface area contributed by atoms with Gasteiger partial charge in [0.15, 0.2) is 10.7 Å². The zero-order chi connectivity index (χ0) is 16.5. The van der Waals surface area contributed by atoms with Gasteiger partial charge >= 0.3 is 6.01 Å². The van der Waals surface area contributed by atoms with E-state index in [0.29, 0.717) is 18.1 Å². The van der Waals surface area contributed by atoms with E-state index in [0.717, 1.165) is 10.5 Å². The van der Waals surface area contributed by atoms with Crippen LogP contribution in [0.25, 0.3) is 0 Å². The highest BCUT2D eigenvalue weighted by molar-refractivity contribution is 7.93. The van der Waals surface area contributed by atoms with E-state index in [-0.39, 0.29) is 6.01 Å². The summed E-state index contributed by atoms with van der Waals surface area (Å²) in [6.07, 6.45) is 1.52. The maximum Gasteiger partial charge on any atom is 0.324 e. The lowest BCUT2D eigenvalue weighted by molar-refractivity contribution is 0.438.